The Morgan fingerprint density at radius 3 is 1.62 bits per heavy atom. The molecule has 0 radical (unpaired) electrons. The number of unbranched alkanes of at least 4 members (excludes halogenated alkanes) is 1. The van der Waals surface area contributed by atoms with E-state index in [2.05, 4.69) is 31.7 Å². The molecule has 4 N–H and O–H groups in total. The summed E-state index contributed by atoms with van der Waals surface area (Å²) in [6.07, 6.45) is 5.01. The largest absolute Gasteiger partial charge is 0.364 e. The standard InChI is InChI=1S/C8H16N6S2/c1-9-7(15)13-11-5-3-4-6-12-14-8(16)10-2/h5-6H,3-4H2,1-2H3,(H2,9,13,15)(H2,10,14,16)/b11-5-,12-6-. The summed E-state index contributed by atoms with van der Waals surface area (Å²) in [7, 11) is 3.46. The van der Waals surface area contributed by atoms with Gasteiger partial charge in [0.2, 0.25) is 0 Å². The number of nitrogens with one attached hydrogen (secondary N) is 4. The van der Waals surface area contributed by atoms with Crippen molar-refractivity contribution in [2.75, 3.05) is 14.1 Å². The average molecular weight is 260 g/mol. The van der Waals surface area contributed by atoms with Crippen LogP contribution in [0.5, 0.6) is 0 Å². The van der Waals surface area contributed by atoms with Crippen LogP contribution in [0.1, 0.15) is 12.8 Å². The second-order valence-corrected chi connectivity index (χ2v) is 3.40. The third kappa shape index (κ3) is 9.28. The molecule has 0 aliphatic heterocycles. The van der Waals surface area contributed by atoms with Gasteiger partial charge in [0.25, 0.3) is 0 Å². The van der Waals surface area contributed by atoms with Crippen LogP contribution in [0.4, 0.5) is 0 Å². The van der Waals surface area contributed by atoms with Crippen molar-refractivity contribution in [2.45, 2.75) is 12.8 Å². The van der Waals surface area contributed by atoms with Gasteiger partial charge in [-0.25, -0.2) is 0 Å². The van der Waals surface area contributed by atoms with Crippen LogP contribution >= 0.6 is 24.4 Å². The molecule has 0 aromatic carbocycles. The molecule has 0 aromatic rings. The van der Waals surface area contributed by atoms with E-state index in [-0.39, 0.29) is 0 Å². The van der Waals surface area contributed by atoms with Crippen LogP contribution in [0.3, 0.4) is 0 Å². The Morgan fingerprint density at radius 2 is 1.31 bits per heavy atom. The number of nitrogens with zero attached hydrogens (tertiary/aromatic N) is 2. The first-order chi connectivity index (χ1) is 7.70. The number of hydrazone groups is 2. The molecule has 0 bridgehead atoms. The Kier molecular flexibility index (Phi) is 9.43. The Bertz CT molecular complexity index is 248. The molecule has 0 rings (SSSR count). The van der Waals surface area contributed by atoms with E-state index in [0.29, 0.717) is 10.2 Å². The second kappa shape index (κ2) is 10.2. The molecule has 0 spiro atoms. The fraction of sp³-hybridized carbons (Fsp3) is 0.500. The molecule has 0 saturated heterocycles. The van der Waals surface area contributed by atoms with Crippen molar-refractivity contribution in [3.05, 3.63) is 0 Å². The minimum absolute atomic E-state index is 0.492. The van der Waals surface area contributed by atoms with Crippen molar-refractivity contribution in [1.29, 1.82) is 0 Å². The van der Waals surface area contributed by atoms with E-state index in [1.54, 1.807) is 26.5 Å². The maximum absolute atomic E-state index is 4.82. The van der Waals surface area contributed by atoms with Gasteiger partial charge in [-0.1, -0.05) is 0 Å². The zero-order valence-corrected chi connectivity index (χ0v) is 10.9. The summed E-state index contributed by atoms with van der Waals surface area (Å²) in [5, 5.41) is 14.3. The summed E-state index contributed by atoms with van der Waals surface area (Å²) in [5.41, 5.74) is 5.30. The average Bonchev–Trinajstić information content (AvgIpc) is 2.31. The Hall–Kier alpha value is -1.28. The lowest BCUT2D eigenvalue weighted by Crippen LogP contribution is -2.28. The molecule has 0 aliphatic rings. The summed E-state index contributed by atoms with van der Waals surface area (Å²) in [6, 6.07) is 0. The van der Waals surface area contributed by atoms with Gasteiger partial charge in [-0.2, -0.15) is 10.2 Å². The summed E-state index contributed by atoms with van der Waals surface area (Å²) < 4.78 is 0. The van der Waals surface area contributed by atoms with Crippen molar-refractivity contribution in [3.8, 4) is 0 Å². The molecule has 0 amide bonds. The Balaban J connectivity index is 3.45. The number of rotatable bonds is 5. The molecule has 0 fully saturated rings. The zero-order chi connectivity index (χ0) is 12.2. The van der Waals surface area contributed by atoms with E-state index >= 15 is 0 Å². The minimum Gasteiger partial charge on any atom is -0.364 e. The lowest BCUT2D eigenvalue weighted by Gasteiger charge is -1.99. The lowest BCUT2D eigenvalue weighted by atomic mass is 10.3. The van der Waals surface area contributed by atoms with Crippen molar-refractivity contribution in [1.82, 2.24) is 21.5 Å². The molecule has 8 heteroatoms. The molecular formula is C8H16N6S2. The maximum Gasteiger partial charge on any atom is 0.186 e. The SMILES string of the molecule is CNC(=S)N/N=C\CC/C=N\NC(=S)NC. The van der Waals surface area contributed by atoms with Crippen molar-refractivity contribution < 1.29 is 0 Å². The zero-order valence-electron chi connectivity index (χ0n) is 9.28. The Labute approximate surface area is 106 Å². The fourth-order valence-electron chi connectivity index (χ4n) is 0.599. The van der Waals surface area contributed by atoms with Crippen LogP contribution in [0.2, 0.25) is 0 Å². The molecule has 0 atom stereocenters. The summed E-state index contributed by atoms with van der Waals surface area (Å²) in [5.74, 6) is 0. The smallest absolute Gasteiger partial charge is 0.186 e. The van der Waals surface area contributed by atoms with E-state index in [1.165, 1.54) is 0 Å². The monoisotopic (exact) mass is 260 g/mol. The molecule has 6 nitrogen and oxygen atoms in total. The highest BCUT2D eigenvalue weighted by Gasteiger charge is 1.85. The topological polar surface area (TPSA) is 72.8 Å². The van der Waals surface area contributed by atoms with E-state index in [4.69, 9.17) is 24.4 Å². The number of hydrogen-bond acceptors (Lipinski definition) is 4. The van der Waals surface area contributed by atoms with Crippen LogP contribution in [0.25, 0.3) is 0 Å². The normalized spacial score (nSPS) is 10.4. The van der Waals surface area contributed by atoms with Gasteiger partial charge in [-0.05, 0) is 37.3 Å². The van der Waals surface area contributed by atoms with Crippen molar-refractivity contribution in [2.24, 2.45) is 10.2 Å². The first-order valence-electron chi connectivity index (χ1n) is 4.69. The highest BCUT2D eigenvalue weighted by molar-refractivity contribution is 7.80. The molecule has 0 aromatic heterocycles. The second-order valence-electron chi connectivity index (χ2n) is 2.58. The highest BCUT2D eigenvalue weighted by atomic mass is 32.1. The van der Waals surface area contributed by atoms with E-state index < -0.39 is 0 Å². The molecule has 90 valence electrons. The fourth-order valence-corrected chi connectivity index (χ4v) is 0.704. The third-order valence-corrected chi connectivity index (χ3v) is 1.98. The van der Waals surface area contributed by atoms with Crippen LogP contribution in [0.15, 0.2) is 10.2 Å². The Morgan fingerprint density at radius 1 is 0.938 bits per heavy atom. The molecule has 0 aliphatic carbocycles. The quantitative estimate of drug-likeness (QED) is 0.240. The van der Waals surface area contributed by atoms with Gasteiger partial charge in [0.05, 0.1) is 0 Å². The van der Waals surface area contributed by atoms with Crippen molar-refractivity contribution >= 4 is 47.1 Å². The van der Waals surface area contributed by atoms with Crippen LogP contribution < -0.4 is 21.5 Å². The summed E-state index contributed by atoms with van der Waals surface area (Å²) in [6.45, 7) is 0. The van der Waals surface area contributed by atoms with Gasteiger partial charge in [0.15, 0.2) is 10.2 Å². The number of hydrogen-bond donors (Lipinski definition) is 4. The third-order valence-electron chi connectivity index (χ3n) is 1.39. The molecule has 16 heavy (non-hydrogen) atoms. The predicted molar refractivity (Wildman–Crippen MR) is 75.8 cm³/mol. The van der Waals surface area contributed by atoms with Crippen LogP contribution in [0, 0.1) is 0 Å². The summed E-state index contributed by atoms with van der Waals surface area (Å²) >= 11 is 9.65. The van der Waals surface area contributed by atoms with Crippen LogP contribution in [-0.4, -0.2) is 36.7 Å². The first kappa shape index (κ1) is 14.7. The highest BCUT2D eigenvalue weighted by Crippen LogP contribution is 1.79. The first-order valence-corrected chi connectivity index (χ1v) is 5.50. The molecular weight excluding hydrogens is 244 g/mol. The van der Waals surface area contributed by atoms with Gasteiger partial charge < -0.3 is 10.6 Å². The predicted octanol–water partition coefficient (Wildman–Crippen LogP) is -0.0740. The van der Waals surface area contributed by atoms with Crippen molar-refractivity contribution in [3.63, 3.8) is 0 Å². The van der Waals surface area contributed by atoms with Gasteiger partial charge in [0.1, 0.15) is 0 Å². The molecule has 0 saturated carbocycles. The number of thiocarbonyl (C=S) groups is 2. The van der Waals surface area contributed by atoms with Gasteiger partial charge in [0, 0.05) is 26.5 Å². The maximum atomic E-state index is 4.82. The van der Waals surface area contributed by atoms with E-state index in [0.717, 1.165) is 12.8 Å². The van der Waals surface area contributed by atoms with Gasteiger partial charge in [-0.3, -0.25) is 10.9 Å². The van der Waals surface area contributed by atoms with Gasteiger partial charge >= 0.3 is 0 Å². The van der Waals surface area contributed by atoms with Gasteiger partial charge in [-0.15, -0.1) is 0 Å². The molecule has 0 heterocycles. The van der Waals surface area contributed by atoms with E-state index in [9.17, 15) is 0 Å². The van der Waals surface area contributed by atoms with Crippen LogP contribution in [-0.2, 0) is 0 Å². The van der Waals surface area contributed by atoms with E-state index in [1.807, 2.05) is 0 Å². The molecule has 0 unspecified atom stereocenters. The minimum atomic E-state index is 0.492. The lowest BCUT2D eigenvalue weighted by molar-refractivity contribution is 0.960. The summed E-state index contributed by atoms with van der Waals surface area (Å²) in [4.78, 5) is 0.